The minimum Gasteiger partial charge on any atom is -0.318 e. The minimum absolute atomic E-state index is 0.114. The first-order chi connectivity index (χ1) is 7.68. The summed E-state index contributed by atoms with van der Waals surface area (Å²) >= 11 is 0. The molecule has 0 saturated heterocycles. The van der Waals surface area contributed by atoms with Gasteiger partial charge in [-0.15, -0.1) is 0 Å². The Morgan fingerprint density at radius 2 is 2.31 bits per heavy atom. The number of anilines is 1. The molecule has 1 aromatic carbocycles. The fourth-order valence-corrected chi connectivity index (χ4v) is 1.28. The maximum atomic E-state index is 13.4. The van der Waals surface area contributed by atoms with E-state index in [2.05, 4.69) is 20.7 Å². The van der Waals surface area contributed by atoms with Gasteiger partial charge in [0.05, 0.1) is 11.9 Å². The number of para-hydroxylation sites is 1. The van der Waals surface area contributed by atoms with E-state index >= 15 is 0 Å². The van der Waals surface area contributed by atoms with Crippen molar-refractivity contribution in [3.8, 4) is 0 Å². The highest BCUT2D eigenvalue weighted by Gasteiger charge is 2.12. The number of amides is 1. The number of carbonyl (C=O) groups is 1. The van der Waals surface area contributed by atoms with Crippen molar-refractivity contribution < 1.29 is 9.18 Å². The third-order valence-corrected chi connectivity index (χ3v) is 2.11. The van der Waals surface area contributed by atoms with Crippen LogP contribution < -0.4 is 5.32 Å². The lowest BCUT2D eigenvalue weighted by molar-refractivity contribution is 0.102. The third-order valence-electron chi connectivity index (χ3n) is 2.11. The number of carbonyl (C=O) groups excluding carboxylic acids is 1. The molecule has 1 aromatic heterocycles. The Morgan fingerprint density at radius 1 is 1.50 bits per heavy atom. The highest BCUT2D eigenvalue weighted by atomic mass is 19.1. The Balaban J connectivity index is 2.25. The van der Waals surface area contributed by atoms with Crippen LogP contribution in [0.4, 0.5) is 10.1 Å². The van der Waals surface area contributed by atoms with Gasteiger partial charge in [0.15, 0.2) is 5.69 Å². The maximum Gasteiger partial charge on any atom is 0.277 e. The second-order valence-electron chi connectivity index (χ2n) is 3.24. The Morgan fingerprint density at radius 3 is 2.94 bits per heavy atom. The third kappa shape index (κ3) is 1.90. The van der Waals surface area contributed by atoms with Crippen LogP contribution in [0, 0.1) is 12.7 Å². The van der Waals surface area contributed by atoms with Crippen molar-refractivity contribution in [3.63, 3.8) is 0 Å². The number of rotatable bonds is 2. The average molecular weight is 220 g/mol. The first kappa shape index (κ1) is 10.3. The van der Waals surface area contributed by atoms with Crippen LogP contribution in [0.5, 0.6) is 0 Å². The van der Waals surface area contributed by atoms with Crippen LogP contribution in [0.3, 0.4) is 0 Å². The van der Waals surface area contributed by atoms with Crippen molar-refractivity contribution in [3.05, 3.63) is 41.5 Å². The number of aromatic amines is 1. The van der Waals surface area contributed by atoms with E-state index in [9.17, 15) is 9.18 Å². The van der Waals surface area contributed by atoms with Gasteiger partial charge in [0, 0.05) is 0 Å². The number of hydrogen-bond acceptors (Lipinski definition) is 3. The Hall–Kier alpha value is -2.24. The molecular formula is C10H9FN4O. The maximum absolute atomic E-state index is 13.4. The molecule has 16 heavy (non-hydrogen) atoms. The number of hydrogen-bond donors (Lipinski definition) is 2. The largest absolute Gasteiger partial charge is 0.318 e. The van der Waals surface area contributed by atoms with E-state index in [1.807, 2.05) is 0 Å². The van der Waals surface area contributed by atoms with Gasteiger partial charge >= 0.3 is 0 Å². The van der Waals surface area contributed by atoms with Gasteiger partial charge in [-0.2, -0.15) is 15.4 Å². The van der Waals surface area contributed by atoms with Crippen LogP contribution >= 0.6 is 0 Å². The van der Waals surface area contributed by atoms with Gasteiger partial charge in [0.2, 0.25) is 0 Å². The minimum atomic E-state index is -0.498. The molecule has 82 valence electrons. The first-order valence-electron chi connectivity index (χ1n) is 4.60. The molecule has 0 unspecified atom stereocenters. The van der Waals surface area contributed by atoms with Crippen LogP contribution in [-0.4, -0.2) is 21.3 Å². The average Bonchev–Trinajstić information content (AvgIpc) is 2.76. The predicted octanol–water partition coefficient (Wildman–Crippen LogP) is 1.50. The SMILES string of the molecule is Cc1cccc(F)c1NC(=O)c1cn[nH]n1. The number of aryl methyl sites for hydroxylation is 1. The lowest BCUT2D eigenvalue weighted by Crippen LogP contribution is -2.14. The van der Waals surface area contributed by atoms with E-state index in [1.54, 1.807) is 19.1 Å². The van der Waals surface area contributed by atoms with Crippen molar-refractivity contribution in [1.29, 1.82) is 0 Å². The molecule has 2 N–H and O–H groups in total. The molecular weight excluding hydrogens is 211 g/mol. The smallest absolute Gasteiger partial charge is 0.277 e. The summed E-state index contributed by atoms with van der Waals surface area (Å²) in [4.78, 5) is 11.6. The summed E-state index contributed by atoms with van der Waals surface area (Å²) in [6.45, 7) is 1.71. The quantitative estimate of drug-likeness (QED) is 0.805. The Labute approximate surface area is 90.7 Å². The summed E-state index contributed by atoms with van der Waals surface area (Å²) in [5, 5.41) is 11.9. The number of nitrogens with one attached hydrogen (secondary N) is 2. The Bertz CT molecular complexity index is 489. The number of nitrogens with zero attached hydrogens (tertiary/aromatic N) is 2. The van der Waals surface area contributed by atoms with E-state index in [4.69, 9.17) is 0 Å². The summed E-state index contributed by atoms with van der Waals surface area (Å²) in [5.74, 6) is -0.973. The molecule has 0 spiro atoms. The fraction of sp³-hybridized carbons (Fsp3) is 0.100. The van der Waals surface area contributed by atoms with Gasteiger partial charge in [-0.25, -0.2) is 4.39 Å². The molecule has 6 heteroatoms. The van der Waals surface area contributed by atoms with E-state index in [1.165, 1.54) is 12.3 Å². The molecule has 0 radical (unpaired) electrons. The molecule has 0 aliphatic carbocycles. The molecule has 1 amide bonds. The van der Waals surface area contributed by atoms with Crippen LogP contribution in [-0.2, 0) is 0 Å². The highest BCUT2D eigenvalue weighted by molar-refractivity contribution is 6.03. The molecule has 1 heterocycles. The van der Waals surface area contributed by atoms with Crippen molar-refractivity contribution in [1.82, 2.24) is 15.4 Å². The lowest BCUT2D eigenvalue weighted by atomic mass is 10.2. The number of aromatic nitrogens is 3. The number of benzene rings is 1. The highest BCUT2D eigenvalue weighted by Crippen LogP contribution is 2.19. The predicted molar refractivity (Wildman–Crippen MR) is 55.5 cm³/mol. The summed E-state index contributed by atoms with van der Waals surface area (Å²) in [6, 6.07) is 4.57. The Kier molecular flexibility index (Phi) is 2.63. The molecule has 2 aromatic rings. The van der Waals surface area contributed by atoms with Crippen molar-refractivity contribution in [2.24, 2.45) is 0 Å². The molecule has 0 fully saturated rings. The van der Waals surface area contributed by atoms with E-state index in [0.717, 1.165) is 0 Å². The van der Waals surface area contributed by atoms with Gasteiger partial charge in [0.25, 0.3) is 5.91 Å². The monoisotopic (exact) mass is 220 g/mol. The lowest BCUT2D eigenvalue weighted by Gasteiger charge is -2.07. The van der Waals surface area contributed by atoms with Crippen LogP contribution in [0.2, 0.25) is 0 Å². The van der Waals surface area contributed by atoms with E-state index in [0.29, 0.717) is 5.56 Å². The van der Waals surface area contributed by atoms with Crippen molar-refractivity contribution >= 4 is 11.6 Å². The summed E-state index contributed by atoms with van der Waals surface area (Å²) in [6.07, 6.45) is 1.27. The second-order valence-corrected chi connectivity index (χ2v) is 3.24. The molecule has 0 aliphatic heterocycles. The van der Waals surface area contributed by atoms with E-state index < -0.39 is 11.7 Å². The topological polar surface area (TPSA) is 70.7 Å². The summed E-state index contributed by atoms with van der Waals surface area (Å²) in [5.41, 5.74) is 0.926. The standard InChI is InChI=1S/C10H9FN4O/c1-6-3-2-4-7(11)9(6)13-10(16)8-5-12-15-14-8/h2-5H,1H3,(H,13,16)(H,12,14,15). The van der Waals surface area contributed by atoms with Gasteiger partial charge < -0.3 is 5.32 Å². The number of H-pyrrole nitrogens is 1. The van der Waals surface area contributed by atoms with Crippen molar-refractivity contribution in [2.45, 2.75) is 6.92 Å². The van der Waals surface area contributed by atoms with E-state index in [-0.39, 0.29) is 11.4 Å². The van der Waals surface area contributed by atoms with Crippen LogP contribution in [0.15, 0.2) is 24.4 Å². The molecule has 2 rings (SSSR count). The second kappa shape index (κ2) is 4.09. The zero-order valence-electron chi connectivity index (χ0n) is 8.49. The van der Waals surface area contributed by atoms with Crippen LogP contribution in [0.1, 0.15) is 16.1 Å². The molecule has 0 atom stereocenters. The summed E-state index contributed by atoms with van der Waals surface area (Å²) < 4.78 is 13.4. The van der Waals surface area contributed by atoms with Gasteiger partial charge in [-0.1, -0.05) is 12.1 Å². The molecule has 0 aliphatic rings. The fourth-order valence-electron chi connectivity index (χ4n) is 1.28. The molecule has 0 saturated carbocycles. The van der Waals surface area contributed by atoms with Gasteiger partial charge in [-0.3, -0.25) is 4.79 Å². The molecule has 5 nitrogen and oxygen atoms in total. The zero-order chi connectivity index (χ0) is 11.5. The van der Waals surface area contributed by atoms with Crippen LogP contribution in [0.25, 0.3) is 0 Å². The van der Waals surface area contributed by atoms with Crippen molar-refractivity contribution in [2.75, 3.05) is 5.32 Å². The first-order valence-corrected chi connectivity index (χ1v) is 4.60. The zero-order valence-corrected chi connectivity index (χ0v) is 8.49. The molecule has 0 bridgehead atoms. The number of halogens is 1. The normalized spacial score (nSPS) is 10.1. The van der Waals surface area contributed by atoms with Gasteiger partial charge in [0.1, 0.15) is 5.82 Å². The van der Waals surface area contributed by atoms with Gasteiger partial charge in [-0.05, 0) is 18.6 Å². The summed E-state index contributed by atoms with van der Waals surface area (Å²) in [7, 11) is 0.